The topological polar surface area (TPSA) is 47.9 Å². The summed E-state index contributed by atoms with van der Waals surface area (Å²) in [6.45, 7) is 4.85. The summed E-state index contributed by atoms with van der Waals surface area (Å²) in [6, 6.07) is 13.1. The lowest BCUT2D eigenvalue weighted by molar-refractivity contribution is 0.134. The van der Waals surface area contributed by atoms with Gasteiger partial charge in [-0.2, -0.15) is 0 Å². The summed E-state index contributed by atoms with van der Waals surface area (Å²) in [5.41, 5.74) is 6.83. The molecule has 2 heterocycles. The summed E-state index contributed by atoms with van der Waals surface area (Å²) in [4.78, 5) is 13.4. The van der Waals surface area contributed by atoms with Crippen LogP contribution < -0.4 is 0 Å². The zero-order valence-electron chi connectivity index (χ0n) is 15.8. The van der Waals surface area contributed by atoms with Crippen LogP contribution in [-0.2, 0) is 11.3 Å². The molecule has 0 aliphatic heterocycles. The number of pyridine rings is 1. The van der Waals surface area contributed by atoms with E-state index in [0.717, 1.165) is 39.0 Å². The van der Waals surface area contributed by atoms with Gasteiger partial charge in [0, 0.05) is 36.3 Å². The molecule has 4 nitrogen and oxygen atoms in total. The van der Waals surface area contributed by atoms with E-state index >= 15 is 0 Å². The van der Waals surface area contributed by atoms with Crippen LogP contribution in [0, 0.1) is 12.7 Å². The number of rotatable bonds is 5. The molecule has 0 saturated carbocycles. The maximum absolute atomic E-state index is 13.8. The van der Waals surface area contributed by atoms with E-state index in [2.05, 4.69) is 16.0 Å². The maximum atomic E-state index is 13.8. The van der Waals surface area contributed by atoms with Crippen LogP contribution in [-0.4, -0.2) is 21.6 Å². The number of hydrogen-bond donors (Lipinski definition) is 0. The number of fused-ring (bicyclic) bond motifs is 1. The van der Waals surface area contributed by atoms with E-state index in [0.29, 0.717) is 18.8 Å². The first kappa shape index (κ1) is 18.2. The Labute approximate surface area is 163 Å². The maximum Gasteiger partial charge on any atom is 0.126 e. The number of nitrogens with zero attached hydrogens (tertiary/aromatic N) is 3. The van der Waals surface area contributed by atoms with Crippen molar-refractivity contribution in [2.75, 3.05) is 6.61 Å². The summed E-state index contributed by atoms with van der Waals surface area (Å²) in [5.74, 6) is -0.223. The summed E-state index contributed by atoms with van der Waals surface area (Å²) >= 11 is 0. The van der Waals surface area contributed by atoms with Crippen molar-refractivity contribution < 1.29 is 9.13 Å². The largest absolute Gasteiger partial charge is 0.377 e. The van der Waals surface area contributed by atoms with E-state index in [1.165, 1.54) is 6.07 Å². The molecule has 140 valence electrons. The van der Waals surface area contributed by atoms with Gasteiger partial charge in [-0.3, -0.25) is 15.0 Å². The Morgan fingerprint density at radius 2 is 1.68 bits per heavy atom. The molecule has 0 saturated heterocycles. The molecule has 0 aliphatic carbocycles. The Hall–Kier alpha value is -3.18. The van der Waals surface area contributed by atoms with Crippen molar-refractivity contribution in [1.82, 2.24) is 15.0 Å². The standard InChI is InChI=1S/C23H20FN3O/c1-3-28-14-16-11-19(17-5-7-21-22(12-17)26-9-8-25-21)23(27-13-16)18-4-6-20(24)15(2)10-18/h4-13H,3,14H2,1-2H3. The second kappa shape index (κ2) is 7.82. The Bertz CT molecular complexity index is 1140. The number of ether oxygens (including phenoxy) is 1. The Morgan fingerprint density at radius 1 is 0.893 bits per heavy atom. The van der Waals surface area contributed by atoms with Crippen molar-refractivity contribution in [1.29, 1.82) is 0 Å². The SMILES string of the molecule is CCOCc1cnc(-c2ccc(F)c(C)c2)c(-c2ccc3nccnc3c2)c1. The van der Waals surface area contributed by atoms with Crippen LogP contribution in [0.4, 0.5) is 4.39 Å². The molecule has 0 radical (unpaired) electrons. The van der Waals surface area contributed by atoms with E-state index in [4.69, 9.17) is 9.72 Å². The molecule has 28 heavy (non-hydrogen) atoms. The second-order valence-electron chi connectivity index (χ2n) is 6.60. The van der Waals surface area contributed by atoms with E-state index in [9.17, 15) is 4.39 Å². The van der Waals surface area contributed by atoms with Crippen LogP contribution in [0.3, 0.4) is 0 Å². The molecule has 0 atom stereocenters. The zero-order valence-corrected chi connectivity index (χ0v) is 15.8. The lowest BCUT2D eigenvalue weighted by Gasteiger charge is -2.13. The van der Waals surface area contributed by atoms with Crippen molar-refractivity contribution in [3.05, 3.63) is 78.0 Å². The molecule has 0 unspecified atom stereocenters. The average molecular weight is 373 g/mol. The minimum absolute atomic E-state index is 0.223. The van der Waals surface area contributed by atoms with Crippen LogP contribution in [0.1, 0.15) is 18.1 Å². The minimum Gasteiger partial charge on any atom is -0.377 e. The first-order valence-corrected chi connectivity index (χ1v) is 9.20. The van der Waals surface area contributed by atoms with E-state index in [1.54, 1.807) is 25.4 Å². The monoisotopic (exact) mass is 373 g/mol. The van der Waals surface area contributed by atoms with Crippen LogP contribution in [0.5, 0.6) is 0 Å². The van der Waals surface area contributed by atoms with Gasteiger partial charge in [0.1, 0.15) is 5.82 Å². The Kier molecular flexibility index (Phi) is 5.08. The minimum atomic E-state index is -0.223. The normalized spacial score (nSPS) is 11.1. The highest BCUT2D eigenvalue weighted by Crippen LogP contribution is 2.33. The number of hydrogen-bond acceptors (Lipinski definition) is 4. The summed E-state index contributed by atoms with van der Waals surface area (Å²) < 4.78 is 19.3. The highest BCUT2D eigenvalue weighted by Gasteiger charge is 2.13. The van der Waals surface area contributed by atoms with E-state index in [1.807, 2.05) is 37.4 Å². The van der Waals surface area contributed by atoms with Crippen molar-refractivity contribution >= 4 is 11.0 Å². The highest BCUT2D eigenvalue weighted by molar-refractivity contribution is 5.87. The third kappa shape index (κ3) is 3.62. The molecule has 0 spiro atoms. The molecular weight excluding hydrogens is 353 g/mol. The van der Waals surface area contributed by atoms with Gasteiger partial charge >= 0.3 is 0 Å². The van der Waals surface area contributed by atoms with Gasteiger partial charge in [0.05, 0.1) is 23.3 Å². The molecule has 2 aromatic carbocycles. The summed E-state index contributed by atoms with van der Waals surface area (Å²) in [6.07, 6.45) is 5.17. The van der Waals surface area contributed by atoms with Gasteiger partial charge in [-0.25, -0.2) is 4.39 Å². The van der Waals surface area contributed by atoms with Gasteiger partial charge in [0.15, 0.2) is 0 Å². The van der Waals surface area contributed by atoms with Crippen molar-refractivity contribution in [2.45, 2.75) is 20.5 Å². The molecule has 4 aromatic rings. The lowest BCUT2D eigenvalue weighted by atomic mass is 9.96. The van der Waals surface area contributed by atoms with E-state index in [-0.39, 0.29) is 5.82 Å². The molecule has 0 N–H and O–H groups in total. The first-order valence-electron chi connectivity index (χ1n) is 9.20. The predicted octanol–water partition coefficient (Wildman–Crippen LogP) is 5.34. The van der Waals surface area contributed by atoms with Crippen LogP contribution in [0.25, 0.3) is 33.4 Å². The zero-order chi connectivity index (χ0) is 19.5. The number of halogens is 1. The summed E-state index contributed by atoms with van der Waals surface area (Å²) in [7, 11) is 0. The van der Waals surface area contributed by atoms with Crippen LogP contribution in [0.2, 0.25) is 0 Å². The number of benzene rings is 2. The van der Waals surface area contributed by atoms with E-state index < -0.39 is 0 Å². The fourth-order valence-electron chi connectivity index (χ4n) is 3.18. The fraction of sp³-hybridized carbons (Fsp3) is 0.174. The van der Waals surface area contributed by atoms with Gasteiger partial charge < -0.3 is 4.74 Å². The van der Waals surface area contributed by atoms with Crippen LogP contribution >= 0.6 is 0 Å². The Balaban J connectivity index is 1.88. The molecule has 2 aromatic heterocycles. The van der Waals surface area contributed by atoms with Crippen molar-refractivity contribution in [3.8, 4) is 22.4 Å². The van der Waals surface area contributed by atoms with Gasteiger partial charge in [-0.15, -0.1) is 0 Å². The molecule has 4 rings (SSSR count). The van der Waals surface area contributed by atoms with Gasteiger partial charge in [-0.05, 0) is 66.9 Å². The van der Waals surface area contributed by atoms with Gasteiger partial charge in [0.2, 0.25) is 0 Å². The molecule has 0 amide bonds. The van der Waals surface area contributed by atoms with Gasteiger partial charge in [0.25, 0.3) is 0 Å². The molecule has 0 aliphatic rings. The fourth-order valence-corrected chi connectivity index (χ4v) is 3.18. The van der Waals surface area contributed by atoms with Crippen LogP contribution in [0.15, 0.2) is 61.1 Å². The number of aryl methyl sites for hydroxylation is 1. The van der Waals surface area contributed by atoms with Crippen molar-refractivity contribution in [2.24, 2.45) is 0 Å². The quantitative estimate of drug-likeness (QED) is 0.474. The number of aromatic nitrogens is 3. The molecule has 0 bridgehead atoms. The van der Waals surface area contributed by atoms with Crippen molar-refractivity contribution in [3.63, 3.8) is 0 Å². The third-order valence-electron chi connectivity index (χ3n) is 4.63. The van der Waals surface area contributed by atoms with Gasteiger partial charge in [-0.1, -0.05) is 6.07 Å². The second-order valence-corrected chi connectivity index (χ2v) is 6.60. The predicted molar refractivity (Wildman–Crippen MR) is 108 cm³/mol. The first-order chi connectivity index (χ1) is 13.7. The highest BCUT2D eigenvalue weighted by atomic mass is 19.1. The molecule has 0 fully saturated rings. The lowest BCUT2D eigenvalue weighted by Crippen LogP contribution is -1.97. The molecular formula is C23H20FN3O. The third-order valence-corrected chi connectivity index (χ3v) is 4.63. The smallest absolute Gasteiger partial charge is 0.126 e. The summed E-state index contributed by atoms with van der Waals surface area (Å²) in [5, 5.41) is 0. The average Bonchev–Trinajstić information content (AvgIpc) is 2.73. The Morgan fingerprint density at radius 3 is 2.46 bits per heavy atom. The molecule has 5 heteroatoms.